The predicted octanol–water partition coefficient (Wildman–Crippen LogP) is 5.67. The average molecular weight is 494 g/mol. The molecule has 1 aliphatic rings. The number of ether oxygens (including phenoxy) is 2. The zero-order valence-corrected chi connectivity index (χ0v) is 21.0. The van der Waals surface area contributed by atoms with E-state index in [9.17, 15) is 9.50 Å². The SMILES string of the molecule is C=CCC[C@H](O)CN(Cc1c(CC)nn(-c2ccccc2)c1Oc1ccc(F)cc1)C[C@@H]1CCCO1. The first-order valence-corrected chi connectivity index (χ1v) is 12.8. The molecule has 3 aromatic rings. The first kappa shape index (κ1) is 26.1. The second-order valence-corrected chi connectivity index (χ2v) is 9.24. The van der Waals surface area contributed by atoms with Gasteiger partial charge in [-0.05, 0) is 68.5 Å². The van der Waals surface area contributed by atoms with Crippen molar-refractivity contribution in [2.24, 2.45) is 0 Å². The van der Waals surface area contributed by atoms with E-state index in [1.807, 2.05) is 41.1 Å². The molecule has 0 unspecified atom stereocenters. The number of nitrogens with zero attached hydrogens (tertiary/aromatic N) is 3. The lowest BCUT2D eigenvalue weighted by molar-refractivity contribution is 0.0441. The monoisotopic (exact) mass is 493 g/mol. The van der Waals surface area contributed by atoms with Crippen molar-refractivity contribution in [3.8, 4) is 17.3 Å². The molecule has 1 fully saturated rings. The normalized spacial score (nSPS) is 16.4. The highest BCUT2D eigenvalue weighted by atomic mass is 19.1. The van der Waals surface area contributed by atoms with Crippen LogP contribution in [0.5, 0.6) is 11.6 Å². The molecule has 1 aliphatic heterocycles. The minimum atomic E-state index is -0.472. The van der Waals surface area contributed by atoms with Crippen molar-refractivity contribution in [2.75, 3.05) is 19.7 Å². The summed E-state index contributed by atoms with van der Waals surface area (Å²) in [4.78, 5) is 2.24. The van der Waals surface area contributed by atoms with Gasteiger partial charge in [-0.1, -0.05) is 31.2 Å². The van der Waals surface area contributed by atoms with Crippen LogP contribution in [0.1, 0.15) is 43.9 Å². The molecule has 4 rings (SSSR count). The fraction of sp³-hybridized carbons (Fsp3) is 0.414. The van der Waals surface area contributed by atoms with Gasteiger partial charge in [0.15, 0.2) is 0 Å². The fourth-order valence-corrected chi connectivity index (χ4v) is 4.59. The summed E-state index contributed by atoms with van der Waals surface area (Å²) in [5, 5.41) is 15.6. The number of para-hydroxylation sites is 1. The standard InChI is InChI=1S/C29H36FN3O3/c1-3-5-12-24(34)19-32(20-26-13-9-18-35-26)21-27-28(4-2)31-33(23-10-7-6-8-11-23)29(27)36-25-16-14-22(30)15-17-25/h3,6-8,10-11,14-17,24,26,34H,1,4-5,9,12-13,18-21H2,2H3/t24-,26-/m0/s1. The van der Waals surface area contributed by atoms with E-state index in [-0.39, 0.29) is 11.9 Å². The molecule has 0 amide bonds. The van der Waals surface area contributed by atoms with Crippen molar-refractivity contribution < 1.29 is 19.0 Å². The van der Waals surface area contributed by atoms with E-state index in [1.165, 1.54) is 12.1 Å². The van der Waals surface area contributed by atoms with Crippen LogP contribution in [0, 0.1) is 5.82 Å². The van der Waals surface area contributed by atoms with Gasteiger partial charge >= 0.3 is 0 Å². The molecule has 0 spiro atoms. The number of halogens is 1. The zero-order valence-electron chi connectivity index (χ0n) is 21.0. The highest BCUT2D eigenvalue weighted by molar-refractivity contribution is 5.43. The minimum absolute atomic E-state index is 0.146. The lowest BCUT2D eigenvalue weighted by atomic mass is 10.1. The lowest BCUT2D eigenvalue weighted by Crippen LogP contribution is -2.37. The number of hydrogen-bond acceptors (Lipinski definition) is 5. The number of rotatable bonds is 13. The maximum absolute atomic E-state index is 13.6. The molecule has 0 bridgehead atoms. The third kappa shape index (κ3) is 6.81. The van der Waals surface area contributed by atoms with Gasteiger partial charge in [-0.15, -0.1) is 6.58 Å². The smallest absolute Gasteiger partial charge is 0.227 e. The molecule has 2 aromatic carbocycles. The Balaban J connectivity index is 1.69. The molecular weight excluding hydrogens is 457 g/mol. The summed E-state index contributed by atoms with van der Waals surface area (Å²) in [6.45, 7) is 8.43. The number of aliphatic hydroxyl groups is 1. The summed E-state index contributed by atoms with van der Waals surface area (Å²) in [7, 11) is 0. The summed E-state index contributed by atoms with van der Waals surface area (Å²) in [6, 6.07) is 15.9. The Hall–Kier alpha value is -3.00. The van der Waals surface area contributed by atoms with Crippen LogP contribution in [-0.2, 0) is 17.7 Å². The highest BCUT2D eigenvalue weighted by Crippen LogP contribution is 2.33. The van der Waals surface area contributed by atoms with Crippen molar-refractivity contribution in [3.05, 3.63) is 84.3 Å². The molecule has 1 saturated heterocycles. The van der Waals surface area contributed by atoms with E-state index in [0.717, 1.165) is 55.8 Å². The Morgan fingerprint density at radius 3 is 2.69 bits per heavy atom. The van der Waals surface area contributed by atoms with E-state index in [0.29, 0.717) is 31.1 Å². The van der Waals surface area contributed by atoms with Crippen molar-refractivity contribution >= 4 is 0 Å². The van der Waals surface area contributed by atoms with E-state index >= 15 is 0 Å². The first-order valence-electron chi connectivity index (χ1n) is 12.8. The van der Waals surface area contributed by atoms with Crippen LogP contribution in [0.4, 0.5) is 4.39 Å². The quantitative estimate of drug-likeness (QED) is 0.311. The van der Waals surface area contributed by atoms with Crippen LogP contribution >= 0.6 is 0 Å². The van der Waals surface area contributed by atoms with Gasteiger partial charge < -0.3 is 14.6 Å². The molecule has 192 valence electrons. The third-order valence-electron chi connectivity index (χ3n) is 6.42. The second kappa shape index (κ2) is 12.8. The summed E-state index contributed by atoms with van der Waals surface area (Å²) in [5.41, 5.74) is 2.76. The number of allylic oxidation sites excluding steroid dienone is 1. The number of hydrogen-bond donors (Lipinski definition) is 1. The zero-order chi connectivity index (χ0) is 25.3. The van der Waals surface area contributed by atoms with Crippen molar-refractivity contribution in [1.82, 2.24) is 14.7 Å². The van der Waals surface area contributed by atoms with Crippen molar-refractivity contribution in [2.45, 2.75) is 57.8 Å². The van der Waals surface area contributed by atoms with Crippen LogP contribution < -0.4 is 4.74 Å². The molecule has 6 nitrogen and oxygen atoms in total. The van der Waals surface area contributed by atoms with Crippen molar-refractivity contribution in [1.29, 1.82) is 0 Å². The molecule has 36 heavy (non-hydrogen) atoms. The Kier molecular flexibility index (Phi) is 9.28. The van der Waals surface area contributed by atoms with Crippen LogP contribution in [-0.4, -0.2) is 51.7 Å². The highest BCUT2D eigenvalue weighted by Gasteiger charge is 2.26. The molecule has 1 aromatic heterocycles. The average Bonchev–Trinajstić information content (AvgIpc) is 3.52. The second-order valence-electron chi connectivity index (χ2n) is 9.24. The van der Waals surface area contributed by atoms with Crippen LogP contribution in [0.15, 0.2) is 67.3 Å². The van der Waals surface area contributed by atoms with E-state index in [1.54, 1.807) is 12.1 Å². The summed E-state index contributed by atoms with van der Waals surface area (Å²) in [5.74, 6) is 0.821. The third-order valence-corrected chi connectivity index (χ3v) is 6.42. The number of aromatic nitrogens is 2. The lowest BCUT2D eigenvalue weighted by Gasteiger charge is -2.27. The van der Waals surface area contributed by atoms with E-state index in [4.69, 9.17) is 14.6 Å². The summed E-state index contributed by atoms with van der Waals surface area (Å²) in [6.07, 6.45) is 5.73. The molecule has 0 aliphatic carbocycles. The van der Waals surface area contributed by atoms with Gasteiger partial charge in [-0.25, -0.2) is 9.07 Å². The summed E-state index contributed by atoms with van der Waals surface area (Å²) >= 11 is 0. The van der Waals surface area contributed by atoms with Crippen molar-refractivity contribution in [3.63, 3.8) is 0 Å². The Morgan fingerprint density at radius 1 is 1.25 bits per heavy atom. The van der Waals surface area contributed by atoms with Gasteiger partial charge in [0.2, 0.25) is 5.88 Å². The van der Waals surface area contributed by atoms with Gasteiger partial charge in [-0.2, -0.15) is 5.10 Å². The molecule has 0 saturated carbocycles. The number of aryl methyl sites for hydroxylation is 1. The Morgan fingerprint density at radius 2 is 2.03 bits per heavy atom. The van der Waals surface area contributed by atoms with Crippen LogP contribution in [0.2, 0.25) is 0 Å². The molecule has 2 atom stereocenters. The molecule has 7 heteroatoms. The predicted molar refractivity (Wildman–Crippen MR) is 139 cm³/mol. The van der Waals surface area contributed by atoms with Crippen LogP contribution in [0.3, 0.4) is 0 Å². The van der Waals surface area contributed by atoms with Crippen LogP contribution in [0.25, 0.3) is 5.69 Å². The fourth-order valence-electron chi connectivity index (χ4n) is 4.59. The summed E-state index contributed by atoms with van der Waals surface area (Å²) < 4.78 is 27.7. The molecule has 2 heterocycles. The molecule has 1 N–H and O–H groups in total. The maximum atomic E-state index is 13.6. The minimum Gasteiger partial charge on any atom is -0.439 e. The van der Waals surface area contributed by atoms with E-state index in [2.05, 4.69) is 18.4 Å². The first-order chi connectivity index (χ1) is 17.6. The van der Waals surface area contributed by atoms with Gasteiger partial charge in [0.1, 0.15) is 11.6 Å². The van der Waals surface area contributed by atoms with Gasteiger partial charge in [0, 0.05) is 26.2 Å². The maximum Gasteiger partial charge on any atom is 0.227 e. The van der Waals surface area contributed by atoms with Gasteiger partial charge in [-0.3, -0.25) is 4.90 Å². The topological polar surface area (TPSA) is 59.8 Å². The van der Waals surface area contributed by atoms with E-state index < -0.39 is 6.10 Å². The number of aliphatic hydroxyl groups excluding tert-OH is 1. The van der Waals surface area contributed by atoms with Gasteiger partial charge in [0.25, 0.3) is 0 Å². The molecule has 0 radical (unpaired) electrons. The largest absolute Gasteiger partial charge is 0.439 e. The molecular formula is C29H36FN3O3. The van der Waals surface area contributed by atoms with Gasteiger partial charge in [0.05, 0.1) is 29.2 Å². The Bertz CT molecular complexity index is 1090. The number of benzene rings is 2. The Labute approximate surface area is 213 Å².